The Morgan fingerprint density at radius 2 is 1.56 bits per heavy atom. The molecule has 1 saturated heterocycles. The minimum absolute atomic E-state index is 0.0466. The van der Waals surface area contributed by atoms with Gasteiger partial charge in [0.1, 0.15) is 30.8 Å². The number of non-ortho nitro benzene ring substituents is 2. The maximum atomic E-state index is 13.4. The zero-order valence-corrected chi connectivity index (χ0v) is 26.1. The normalized spacial score (nSPS) is 17.1. The number of β-lactam (4-membered cyclic amide) rings is 1. The molecule has 3 aromatic rings. The van der Waals surface area contributed by atoms with Gasteiger partial charge < -0.3 is 24.4 Å². The topological polar surface area (TPSA) is 223 Å². The van der Waals surface area contributed by atoms with Gasteiger partial charge in [-0.05, 0) is 48.4 Å². The van der Waals surface area contributed by atoms with E-state index in [0.29, 0.717) is 16.0 Å². The summed E-state index contributed by atoms with van der Waals surface area (Å²) in [6.45, 7) is 2.38. The molecule has 17 nitrogen and oxygen atoms in total. The second-order valence-corrected chi connectivity index (χ2v) is 11.6. The van der Waals surface area contributed by atoms with E-state index in [9.17, 15) is 39.4 Å². The molecular formula is C30H26N6O11S. The van der Waals surface area contributed by atoms with Gasteiger partial charge in [0.15, 0.2) is 5.16 Å². The van der Waals surface area contributed by atoms with Crippen LogP contribution >= 0.6 is 11.8 Å². The quantitative estimate of drug-likeness (QED) is 0.0929. The average molecular weight is 679 g/mol. The maximum absolute atomic E-state index is 13.4. The Balaban J connectivity index is 1.28. The van der Waals surface area contributed by atoms with E-state index in [4.69, 9.17) is 14.2 Å². The van der Waals surface area contributed by atoms with Gasteiger partial charge in [0.2, 0.25) is 11.8 Å². The van der Waals surface area contributed by atoms with Crippen molar-refractivity contribution in [3.63, 3.8) is 0 Å². The molecule has 3 atom stereocenters. The monoisotopic (exact) mass is 678 g/mol. The standard InChI is InChI=1S/C30H26N6O11S/c1-16(47-30(40)46-15-19-5-9-21(10-6-19)36(43)44)25-22-13-23(48-29-31-12-11-24(33-29)32-17(2)37)26(34(22)27(25)38)28(39)45-14-18-3-7-20(8-4-18)35(41)42/h3-12,16,22,25H,13-15H2,1-2H3,(H,31,32,33,37)/t16-,22+,25?/m1/s1. The number of hydrogen-bond acceptors (Lipinski definition) is 14. The molecule has 0 aliphatic carbocycles. The predicted molar refractivity (Wildman–Crippen MR) is 165 cm³/mol. The number of aromatic nitrogens is 2. The van der Waals surface area contributed by atoms with Gasteiger partial charge in [-0.2, -0.15) is 0 Å². The Bertz CT molecular complexity index is 1820. The van der Waals surface area contributed by atoms with Crippen LogP contribution in [0.15, 0.2) is 76.6 Å². The Labute approximate surface area is 275 Å². The number of esters is 1. The van der Waals surface area contributed by atoms with Crippen molar-refractivity contribution in [1.82, 2.24) is 14.9 Å². The van der Waals surface area contributed by atoms with E-state index in [-0.39, 0.29) is 53.6 Å². The number of nitro benzene ring substituents is 2. The van der Waals surface area contributed by atoms with Crippen LogP contribution in [0.5, 0.6) is 0 Å². The van der Waals surface area contributed by atoms with Crippen molar-refractivity contribution in [3.8, 4) is 0 Å². The molecule has 0 radical (unpaired) electrons. The van der Waals surface area contributed by atoms with Gasteiger partial charge in [0.05, 0.1) is 21.8 Å². The zero-order chi connectivity index (χ0) is 34.5. The van der Waals surface area contributed by atoms with Gasteiger partial charge in [0, 0.05) is 48.7 Å². The van der Waals surface area contributed by atoms with Crippen LogP contribution in [-0.4, -0.2) is 60.8 Å². The molecule has 1 unspecified atom stereocenters. The van der Waals surface area contributed by atoms with Crippen molar-refractivity contribution in [3.05, 3.63) is 103 Å². The van der Waals surface area contributed by atoms with Gasteiger partial charge in [-0.3, -0.25) is 29.8 Å². The molecule has 48 heavy (non-hydrogen) atoms. The van der Waals surface area contributed by atoms with Crippen molar-refractivity contribution in [2.45, 2.75) is 50.8 Å². The summed E-state index contributed by atoms with van der Waals surface area (Å²) >= 11 is 1.00. The van der Waals surface area contributed by atoms with E-state index in [1.165, 1.54) is 79.5 Å². The minimum atomic E-state index is -1.06. The third-order valence-corrected chi connectivity index (χ3v) is 8.31. The number of carbonyl (C=O) groups excluding carboxylic acids is 4. The van der Waals surface area contributed by atoms with Crippen LogP contribution < -0.4 is 5.32 Å². The molecule has 0 bridgehead atoms. The number of fused-ring (bicyclic) bond motifs is 1. The SMILES string of the molecule is CC(=O)Nc1ccnc(SC2=C(C(=O)OCc3ccc([N+](=O)[O-])cc3)N3C(=O)C([C@@H](C)OC(=O)OCc4ccc([N+](=O)[O-])cc4)[C@@H]3C2)n1. The first-order valence-corrected chi connectivity index (χ1v) is 15.0. The molecule has 0 saturated carbocycles. The number of carbonyl (C=O) groups is 4. The fourth-order valence-electron chi connectivity index (χ4n) is 5.09. The van der Waals surface area contributed by atoms with Crippen LogP contribution in [0.25, 0.3) is 0 Å². The molecule has 1 N–H and O–H groups in total. The molecule has 248 valence electrons. The van der Waals surface area contributed by atoms with Gasteiger partial charge in [0.25, 0.3) is 11.4 Å². The maximum Gasteiger partial charge on any atom is 0.508 e. The number of amides is 2. The highest BCUT2D eigenvalue weighted by molar-refractivity contribution is 8.03. The highest BCUT2D eigenvalue weighted by Gasteiger charge is 2.58. The number of thioether (sulfide) groups is 1. The summed E-state index contributed by atoms with van der Waals surface area (Å²) in [4.78, 5) is 81.7. The number of benzene rings is 2. The molecule has 2 aliphatic heterocycles. The lowest BCUT2D eigenvalue weighted by atomic mass is 9.83. The number of hydrogen-bond donors (Lipinski definition) is 1. The summed E-state index contributed by atoms with van der Waals surface area (Å²) in [5.41, 5.74) is 0.670. The Morgan fingerprint density at radius 1 is 0.979 bits per heavy atom. The molecule has 1 fully saturated rings. The van der Waals surface area contributed by atoms with E-state index in [0.717, 1.165) is 11.8 Å². The summed E-state index contributed by atoms with van der Waals surface area (Å²) in [6, 6.07) is 11.7. The number of nitrogens with zero attached hydrogens (tertiary/aromatic N) is 5. The van der Waals surface area contributed by atoms with Crippen molar-refractivity contribution in [1.29, 1.82) is 0 Å². The second kappa shape index (κ2) is 14.2. The Hall–Kier alpha value is -5.91. The number of anilines is 1. The van der Waals surface area contributed by atoms with E-state index in [2.05, 4.69) is 15.3 Å². The van der Waals surface area contributed by atoms with E-state index in [1.807, 2.05) is 0 Å². The molecule has 18 heteroatoms. The summed E-state index contributed by atoms with van der Waals surface area (Å²) in [7, 11) is 0. The number of nitro groups is 2. The van der Waals surface area contributed by atoms with E-state index in [1.54, 1.807) is 0 Å². The Morgan fingerprint density at radius 3 is 2.12 bits per heavy atom. The van der Waals surface area contributed by atoms with Crippen molar-refractivity contribution < 1.29 is 43.2 Å². The number of nitrogens with one attached hydrogen (secondary N) is 1. The summed E-state index contributed by atoms with van der Waals surface area (Å²) in [5.74, 6) is -2.29. The van der Waals surface area contributed by atoms with Crippen LogP contribution in [0.3, 0.4) is 0 Å². The lowest BCUT2D eigenvalue weighted by Gasteiger charge is -2.45. The second-order valence-electron chi connectivity index (χ2n) is 10.6. The minimum Gasteiger partial charge on any atom is -0.456 e. The van der Waals surface area contributed by atoms with Crippen molar-refractivity contribution in [2.24, 2.45) is 5.92 Å². The molecule has 2 amide bonds. The lowest BCUT2D eigenvalue weighted by Crippen LogP contribution is -2.62. The van der Waals surface area contributed by atoms with Gasteiger partial charge in [-0.25, -0.2) is 19.6 Å². The van der Waals surface area contributed by atoms with Crippen LogP contribution in [0.1, 0.15) is 31.4 Å². The zero-order valence-electron chi connectivity index (χ0n) is 25.3. The molecule has 5 rings (SSSR count). The smallest absolute Gasteiger partial charge is 0.456 e. The first kappa shape index (κ1) is 33.5. The fourth-order valence-corrected chi connectivity index (χ4v) is 6.11. The average Bonchev–Trinajstić information content (AvgIpc) is 3.36. The largest absolute Gasteiger partial charge is 0.508 e. The summed E-state index contributed by atoms with van der Waals surface area (Å²) in [5, 5.41) is 24.5. The molecule has 0 spiro atoms. The fraction of sp³-hybridized carbons (Fsp3) is 0.267. The first-order valence-electron chi connectivity index (χ1n) is 14.2. The van der Waals surface area contributed by atoms with E-state index < -0.39 is 45.9 Å². The predicted octanol–water partition coefficient (Wildman–Crippen LogP) is 4.27. The number of rotatable bonds is 12. The van der Waals surface area contributed by atoms with Gasteiger partial charge >= 0.3 is 12.1 Å². The molecule has 2 aliphatic rings. The molecule has 2 aromatic carbocycles. The number of ether oxygens (including phenoxy) is 3. The summed E-state index contributed by atoms with van der Waals surface area (Å²) in [6.07, 6.45) is -0.422. The van der Waals surface area contributed by atoms with Crippen molar-refractivity contribution in [2.75, 3.05) is 5.32 Å². The van der Waals surface area contributed by atoms with Gasteiger partial charge in [-0.15, -0.1) is 0 Å². The molecular weight excluding hydrogens is 652 g/mol. The van der Waals surface area contributed by atoms with Crippen molar-refractivity contribution >= 4 is 52.9 Å². The highest BCUT2D eigenvalue weighted by atomic mass is 32.2. The highest BCUT2D eigenvalue weighted by Crippen LogP contribution is 2.49. The van der Waals surface area contributed by atoms with E-state index >= 15 is 0 Å². The van der Waals surface area contributed by atoms with Crippen LogP contribution in [0.2, 0.25) is 0 Å². The van der Waals surface area contributed by atoms with Crippen LogP contribution in [0, 0.1) is 26.1 Å². The lowest BCUT2D eigenvalue weighted by molar-refractivity contribution is -0.385. The third kappa shape index (κ3) is 7.55. The van der Waals surface area contributed by atoms with Crippen LogP contribution in [-0.2, 0) is 41.8 Å². The first-order chi connectivity index (χ1) is 22.9. The van der Waals surface area contributed by atoms with Crippen LogP contribution in [0.4, 0.5) is 22.0 Å². The molecule has 1 aromatic heterocycles. The Kier molecular flexibility index (Phi) is 9.93. The van der Waals surface area contributed by atoms with Gasteiger partial charge in [-0.1, -0.05) is 11.8 Å². The summed E-state index contributed by atoms with van der Waals surface area (Å²) < 4.78 is 16.0. The molecule has 3 heterocycles. The third-order valence-electron chi connectivity index (χ3n) is 7.32.